The number of anilines is 2. The normalized spacial score (nSPS) is 15.3. The molecular weight excluding hydrogens is 1180 g/mol. The molecule has 5 N–H and O–H groups in total. The summed E-state index contributed by atoms with van der Waals surface area (Å²) in [6, 6.07) is 67.5. The summed E-state index contributed by atoms with van der Waals surface area (Å²) < 4.78 is 20.1. The van der Waals surface area contributed by atoms with Crippen LogP contribution in [0, 0.1) is 0 Å². The standard InChI is InChI=1S/C71H58N6O11S2/c1-43(78)85-64(54-41-89-58-40-57(80)77(58)61(54)68(82)83)53-39-52(51-37-38-56(79)74-59(51)65(53)86-62(44-23-9-2-10-24-44)45-25-11-3-12-26-45)66(69(84)87-63(46-27-13-4-14-28-46)47-29-15-5-16-30-47)88-76-60(67(72)81)55-42-90-70(73-55)75-71(48-31-17-6-18-32-48,49-33-19-7-20-34-49)50-35-21-8-22-36-50/h2-36,39,42,58,62-64,66H,37-38,40-41H2,1H3,(H2,72,81)(H,73,75)(H,74,79)(H,82,83)/b76-60-/t58-,64?,66?/m1/s1. The highest BCUT2D eigenvalue weighted by atomic mass is 32.2. The number of carbonyl (C=O) groups excluding carboxylic acids is 5. The van der Waals surface area contributed by atoms with Crippen molar-refractivity contribution < 1.29 is 52.9 Å². The molecule has 3 aliphatic rings. The first kappa shape index (κ1) is 59.7. The minimum absolute atomic E-state index is 0.00393. The first-order valence-corrected chi connectivity index (χ1v) is 30.9. The number of aliphatic carboxylic acids is 1. The second kappa shape index (κ2) is 26.4. The Morgan fingerprint density at radius 3 is 1.66 bits per heavy atom. The predicted octanol–water partition coefficient (Wildman–Crippen LogP) is 12.1. The van der Waals surface area contributed by atoms with Gasteiger partial charge in [0.15, 0.2) is 28.8 Å². The SMILES string of the molecule is CC(=O)OC(C1=C(C(=O)O)N2C(=O)C[C@H]2SC1)c1cc(C(O/N=C(\C(N)=O)c2csc(NC(c3ccccc3)(c3ccccc3)c3ccccc3)n2)C(=O)OC(c2ccccc2)c2ccccc2)c2c(c1OC(c1ccccc1)c1ccccc1)NC(=O)CC2. The third kappa shape index (κ3) is 12.2. The highest BCUT2D eigenvalue weighted by Crippen LogP contribution is 2.52. The Labute approximate surface area is 526 Å². The van der Waals surface area contributed by atoms with Crippen LogP contribution < -0.4 is 21.1 Å². The van der Waals surface area contributed by atoms with E-state index < -0.39 is 82.4 Å². The van der Waals surface area contributed by atoms with Crippen LogP contribution in [0.4, 0.5) is 10.8 Å². The molecule has 0 bridgehead atoms. The molecule has 1 fully saturated rings. The predicted molar refractivity (Wildman–Crippen MR) is 341 cm³/mol. The maximum absolute atomic E-state index is 15.9. The Bertz CT molecular complexity index is 4020. The van der Waals surface area contributed by atoms with E-state index >= 15 is 4.79 Å². The van der Waals surface area contributed by atoms with Crippen molar-refractivity contribution in [3.63, 3.8) is 0 Å². The van der Waals surface area contributed by atoms with Gasteiger partial charge in [0, 0.05) is 41.2 Å². The number of carboxylic acid groups (broad SMARTS) is 1. The van der Waals surface area contributed by atoms with Crippen LogP contribution in [-0.4, -0.2) is 67.5 Å². The number of hydrogen-bond donors (Lipinski definition) is 4. The minimum atomic E-state index is -1.96. The molecule has 12 rings (SSSR count). The van der Waals surface area contributed by atoms with E-state index in [2.05, 4.69) is 15.8 Å². The fourth-order valence-electron chi connectivity index (χ4n) is 11.7. The maximum Gasteiger partial charge on any atom is 0.355 e. The lowest BCUT2D eigenvalue weighted by Gasteiger charge is -2.45. The van der Waals surface area contributed by atoms with E-state index in [-0.39, 0.29) is 58.8 Å². The van der Waals surface area contributed by atoms with Crippen molar-refractivity contribution in [3.8, 4) is 5.75 Å². The van der Waals surface area contributed by atoms with E-state index in [1.807, 2.05) is 164 Å². The maximum atomic E-state index is 15.9. The third-order valence-corrected chi connectivity index (χ3v) is 17.8. The molecule has 19 heteroatoms. The Hall–Kier alpha value is -10.6. The molecule has 1 saturated heterocycles. The number of nitrogens with zero attached hydrogens (tertiary/aromatic N) is 3. The van der Waals surface area contributed by atoms with Gasteiger partial charge in [-0.3, -0.25) is 24.1 Å². The van der Waals surface area contributed by atoms with Crippen LogP contribution >= 0.6 is 23.1 Å². The summed E-state index contributed by atoms with van der Waals surface area (Å²) in [5, 5.41) is 23.6. The summed E-state index contributed by atoms with van der Waals surface area (Å²) in [5.41, 5.74) is 9.77. The molecule has 0 aliphatic carbocycles. The summed E-state index contributed by atoms with van der Waals surface area (Å²) in [5.74, 6) is -5.42. The van der Waals surface area contributed by atoms with Gasteiger partial charge in [-0.05, 0) is 57.0 Å². The summed E-state index contributed by atoms with van der Waals surface area (Å²) in [7, 11) is 0. The molecule has 4 heterocycles. The quantitative estimate of drug-likeness (QED) is 0.0162. The molecule has 3 atom stereocenters. The van der Waals surface area contributed by atoms with Gasteiger partial charge in [0.1, 0.15) is 23.0 Å². The molecule has 3 aliphatic heterocycles. The van der Waals surface area contributed by atoms with Gasteiger partial charge in [-0.2, -0.15) is 0 Å². The number of benzene rings is 8. The lowest BCUT2D eigenvalue weighted by molar-refractivity contribution is -0.162. The Kier molecular flexibility index (Phi) is 17.5. The van der Waals surface area contributed by atoms with Crippen molar-refractivity contribution in [3.05, 3.63) is 296 Å². The third-order valence-electron chi connectivity index (χ3n) is 15.8. The number of carboxylic acids is 1. The average Bonchev–Trinajstić information content (AvgIpc) is 0.882. The van der Waals surface area contributed by atoms with E-state index in [4.69, 9.17) is 29.8 Å². The van der Waals surface area contributed by atoms with Crippen LogP contribution in [0.2, 0.25) is 0 Å². The molecule has 9 aromatic rings. The van der Waals surface area contributed by atoms with Crippen LogP contribution in [0.1, 0.15) is 106 Å². The van der Waals surface area contributed by atoms with Gasteiger partial charge in [0.2, 0.25) is 17.9 Å². The molecule has 90 heavy (non-hydrogen) atoms. The Morgan fingerprint density at radius 2 is 1.18 bits per heavy atom. The van der Waals surface area contributed by atoms with Crippen LogP contribution in [0.3, 0.4) is 0 Å². The highest BCUT2D eigenvalue weighted by Gasteiger charge is 2.49. The summed E-state index contributed by atoms with van der Waals surface area (Å²) >= 11 is 2.45. The molecule has 450 valence electrons. The molecular formula is C71H58N6O11S2. The Morgan fingerprint density at radius 1 is 0.678 bits per heavy atom. The number of ether oxygens (including phenoxy) is 3. The number of primary amides is 1. The van der Waals surface area contributed by atoms with Gasteiger partial charge in [-0.25, -0.2) is 14.6 Å². The number of nitrogens with one attached hydrogen (secondary N) is 2. The second-order valence-electron chi connectivity index (χ2n) is 21.4. The average molecular weight is 1240 g/mol. The van der Waals surface area contributed by atoms with Crippen molar-refractivity contribution in [2.24, 2.45) is 10.9 Å². The van der Waals surface area contributed by atoms with Gasteiger partial charge in [-0.15, -0.1) is 23.1 Å². The number of esters is 2. The van der Waals surface area contributed by atoms with Crippen molar-refractivity contribution in [1.82, 2.24) is 9.88 Å². The number of rotatable bonds is 22. The second-order valence-corrected chi connectivity index (χ2v) is 23.5. The van der Waals surface area contributed by atoms with E-state index in [9.17, 15) is 29.1 Å². The van der Waals surface area contributed by atoms with Crippen LogP contribution in [0.25, 0.3) is 0 Å². The number of thioether (sulfide) groups is 1. The smallest absolute Gasteiger partial charge is 0.355 e. The van der Waals surface area contributed by atoms with E-state index in [1.54, 1.807) is 53.9 Å². The van der Waals surface area contributed by atoms with Crippen LogP contribution in [0.5, 0.6) is 5.75 Å². The zero-order valence-corrected chi connectivity index (χ0v) is 50.0. The number of amides is 3. The highest BCUT2D eigenvalue weighted by molar-refractivity contribution is 8.00. The fraction of sp³-hybridized carbons (Fsp3) is 0.155. The van der Waals surface area contributed by atoms with Crippen molar-refractivity contribution in [1.29, 1.82) is 0 Å². The number of oxime groups is 1. The fourth-order valence-corrected chi connectivity index (χ4v) is 13.7. The van der Waals surface area contributed by atoms with Gasteiger partial charge in [0.05, 0.1) is 17.5 Å². The van der Waals surface area contributed by atoms with E-state index in [0.717, 1.165) is 23.6 Å². The lowest BCUT2D eigenvalue weighted by Crippen LogP contribution is -2.54. The molecule has 8 aromatic carbocycles. The molecule has 0 spiro atoms. The Balaban J connectivity index is 1.06. The van der Waals surface area contributed by atoms with E-state index in [0.29, 0.717) is 32.9 Å². The molecule has 17 nitrogen and oxygen atoms in total. The summed E-state index contributed by atoms with van der Waals surface area (Å²) in [6.07, 6.45) is -5.68. The van der Waals surface area contributed by atoms with Crippen LogP contribution in [-0.2, 0) is 55.0 Å². The number of carbonyl (C=O) groups is 6. The number of fused-ring (bicyclic) bond motifs is 2. The van der Waals surface area contributed by atoms with Crippen molar-refractivity contribution in [2.75, 3.05) is 16.4 Å². The first-order chi connectivity index (χ1) is 43.9. The van der Waals surface area contributed by atoms with Crippen molar-refractivity contribution in [2.45, 2.75) is 61.5 Å². The lowest BCUT2D eigenvalue weighted by atomic mass is 9.77. The molecule has 1 aromatic heterocycles. The summed E-state index contributed by atoms with van der Waals surface area (Å²) in [4.78, 5) is 97.3. The molecule has 3 amide bonds. The first-order valence-electron chi connectivity index (χ1n) is 28.9. The van der Waals surface area contributed by atoms with E-state index in [1.165, 1.54) is 34.1 Å². The van der Waals surface area contributed by atoms with Crippen LogP contribution in [0.15, 0.2) is 240 Å². The zero-order chi connectivity index (χ0) is 62.3. The summed E-state index contributed by atoms with van der Waals surface area (Å²) in [6.45, 7) is 1.15. The molecule has 0 saturated carbocycles. The largest absolute Gasteiger partial charge is 0.478 e. The monoisotopic (exact) mass is 1230 g/mol. The zero-order valence-electron chi connectivity index (χ0n) is 48.3. The number of aromatic nitrogens is 1. The van der Waals surface area contributed by atoms with Crippen molar-refractivity contribution >= 4 is 75.3 Å². The number of β-lactam (4-membered cyclic amide) rings is 1. The van der Waals surface area contributed by atoms with Gasteiger partial charge >= 0.3 is 17.9 Å². The van der Waals surface area contributed by atoms with Gasteiger partial charge in [0.25, 0.3) is 5.91 Å². The van der Waals surface area contributed by atoms with Gasteiger partial charge < -0.3 is 40.5 Å². The minimum Gasteiger partial charge on any atom is -0.478 e. The molecule has 2 unspecified atom stereocenters. The topological polar surface area (TPSA) is 238 Å². The molecule has 0 radical (unpaired) electrons. The number of thiazole rings is 1. The van der Waals surface area contributed by atoms with Gasteiger partial charge in [-0.1, -0.05) is 217 Å². The number of nitrogens with two attached hydrogens (primary N) is 1. The number of hydrogen-bond acceptors (Lipinski definition) is 15.